The van der Waals surface area contributed by atoms with E-state index in [-0.39, 0.29) is 24.3 Å². The van der Waals surface area contributed by atoms with E-state index in [1.165, 1.54) is 6.07 Å². The van der Waals surface area contributed by atoms with Crippen molar-refractivity contribution in [1.29, 1.82) is 0 Å². The summed E-state index contributed by atoms with van der Waals surface area (Å²) >= 11 is 6.18. The minimum atomic E-state index is -0.643. The number of carbonyl (C=O) groups is 2. The Bertz CT molecular complexity index is 1050. The molecule has 6 nitrogen and oxygen atoms in total. The molecule has 2 heterocycles. The molecule has 2 aromatic rings. The average molecular weight is 415 g/mol. The molecule has 0 aliphatic carbocycles. The lowest BCUT2D eigenvalue weighted by atomic mass is 9.97. The van der Waals surface area contributed by atoms with Crippen LogP contribution in [-0.2, 0) is 16.1 Å². The van der Waals surface area contributed by atoms with Crippen molar-refractivity contribution in [3.05, 3.63) is 57.8 Å². The van der Waals surface area contributed by atoms with Crippen LogP contribution < -0.4 is 14.2 Å². The minimum absolute atomic E-state index is 0.127. The summed E-state index contributed by atoms with van der Waals surface area (Å²) in [6.45, 7) is 5.80. The first-order valence-corrected chi connectivity index (χ1v) is 9.44. The van der Waals surface area contributed by atoms with Gasteiger partial charge in [0.1, 0.15) is 17.2 Å². The van der Waals surface area contributed by atoms with E-state index in [1.807, 2.05) is 0 Å². The van der Waals surface area contributed by atoms with Crippen LogP contribution in [-0.4, -0.2) is 18.5 Å². The highest BCUT2D eigenvalue weighted by Crippen LogP contribution is 2.38. The van der Waals surface area contributed by atoms with Crippen LogP contribution in [0.1, 0.15) is 42.3 Å². The highest BCUT2D eigenvalue weighted by Gasteiger charge is 2.30. The fourth-order valence-electron chi connectivity index (χ4n) is 2.95. The Morgan fingerprint density at radius 2 is 2.00 bits per heavy atom. The van der Waals surface area contributed by atoms with Gasteiger partial charge in [-0.05, 0) is 51.1 Å². The van der Waals surface area contributed by atoms with E-state index >= 15 is 0 Å². The van der Waals surface area contributed by atoms with Crippen LogP contribution in [0.15, 0.2) is 36.1 Å². The van der Waals surface area contributed by atoms with Crippen LogP contribution >= 0.6 is 11.6 Å². The molecule has 4 rings (SSSR count). The molecule has 7 heteroatoms. The zero-order valence-corrected chi connectivity index (χ0v) is 17.0. The Hall–Kier alpha value is -2.83. The number of ketones is 1. The van der Waals surface area contributed by atoms with Gasteiger partial charge in [-0.3, -0.25) is 9.59 Å². The Morgan fingerprint density at radius 1 is 1.21 bits per heavy atom. The molecule has 0 N–H and O–H groups in total. The van der Waals surface area contributed by atoms with E-state index in [2.05, 4.69) is 0 Å². The molecular weight excluding hydrogens is 396 g/mol. The maximum Gasteiger partial charge on any atom is 0.316 e. The van der Waals surface area contributed by atoms with E-state index in [9.17, 15) is 9.59 Å². The van der Waals surface area contributed by atoms with Crippen molar-refractivity contribution in [3.63, 3.8) is 0 Å². The van der Waals surface area contributed by atoms with Gasteiger partial charge in [-0.1, -0.05) is 11.6 Å². The Balaban J connectivity index is 1.64. The van der Waals surface area contributed by atoms with E-state index < -0.39 is 5.41 Å². The molecule has 0 saturated heterocycles. The molecule has 0 aromatic heterocycles. The molecule has 0 amide bonds. The number of carbonyl (C=O) groups excluding carboxylic acids is 2. The summed E-state index contributed by atoms with van der Waals surface area (Å²) in [5.41, 5.74) is 1.18. The van der Waals surface area contributed by atoms with Gasteiger partial charge in [0.25, 0.3) is 0 Å². The topological polar surface area (TPSA) is 71.1 Å². The molecule has 2 aromatic carbocycles. The molecule has 0 atom stereocenters. The number of Topliss-reactive ketones (excluding diaryl/α,β-unsaturated/α-hetero) is 1. The molecule has 0 spiro atoms. The number of halogens is 1. The summed E-state index contributed by atoms with van der Waals surface area (Å²) in [6, 6.07) is 8.17. The Morgan fingerprint density at radius 3 is 2.76 bits per heavy atom. The summed E-state index contributed by atoms with van der Waals surface area (Å²) < 4.78 is 22.0. The van der Waals surface area contributed by atoms with Crippen molar-refractivity contribution in [1.82, 2.24) is 0 Å². The van der Waals surface area contributed by atoms with Gasteiger partial charge in [0.15, 0.2) is 12.6 Å². The van der Waals surface area contributed by atoms with Crippen LogP contribution in [0, 0.1) is 5.41 Å². The minimum Gasteiger partial charge on any atom is -0.467 e. The third-order valence-corrected chi connectivity index (χ3v) is 4.67. The van der Waals surface area contributed by atoms with Crippen LogP contribution in [0.3, 0.4) is 0 Å². The lowest BCUT2D eigenvalue weighted by Crippen LogP contribution is -2.25. The van der Waals surface area contributed by atoms with Crippen LogP contribution in [0.4, 0.5) is 0 Å². The van der Waals surface area contributed by atoms with Gasteiger partial charge >= 0.3 is 5.97 Å². The second kappa shape index (κ2) is 7.21. The predicted molar refractivity (Wildman–Crippen MR) is 106 cm³/mol. The van der Waals surface area contributed by atoms with E-state index in [0.717, 1.165) is 5.56 Å². The van der Waals surface area contributed by atoms with Crippen molar-refractivity contribution < 1.29 is 28.5 Å². The zero-order valence-electron chi connectivity index (χ0n) is 16.2. The standard InChI is InChI=1S/C22H19ClO6/c1-22(2,3)21(25)28-15-4-5-16-17(9-15)29-18(19(16)24)8-12-6-14(23)7-13-10-26-11-27-20(12)13/h4-9H,10-11H2,1-3H3/b18-8-. The summed E-state index contributed by atoms with van der Waals surface area (Å²) in [7, 11) is 0. The molecule has 150 valence electrons. The van der Waals surface area contributed by atoms with Crippen LogP contribution in [0.25, 0.3) is 6.08 Å². The van der Waals surface area contributed by atoms with Crippen LogP contribution in [0.2, 0.25) is 5.02 Å². The molecule has 0 fully saturated rings. The SMILES string of the molecule is CC(C)(C)C(=O)Oc1ccc2c(c1)O/C(=C\c1cc(Cl)cc3c1OCOC3)C2=O. The van der Waals surface area contributed by atoms with Gasteiger partial charge in [0, 0.05) is 22.2 Å². The number of esters is 1. The summed E-state index contributed by atoms with van der Waals surface area (Å²) in [5, 5.41) is 0.504. The fraction of sp³-hybridized carbons (Fsp3) is 0.273. The third-order valence-electron chi connectivity index (χ3n) is 4.45. The predicted octanol–water partition coefficient (Wildman–Crippen LogP) is 4.77. The first-order chi connectivity index (χ1) is 13.7. The number of ether oxygens (including phenoxy) is 4. The summed E-state index contributed by atoms with van der Waals surface area (Å²) in [5.74, 6) is 0.759. The normalized spacial score (nSPS) is 16.7. The summed E-state index contributed by atoms with van der Waals surface area (Å²) in [6.07, 6.45) is 1.60. The van der Waals surface area contributed by atoms with E-state index in [1.54, 1.807) is 51.1 Å². The molecule has 0 saturated carbocycles. The first kappa shape index (κ1) is 19.5. The first-order valence-electron chi connectivity index (χ1n) is 9.06. The molecule has 2 aliphatic heterocycles. The monoisotopic (exact) mass is 414 g/mol. The van der Waals surface area contributed by atoms with Gasteiger partial charge < -0.3 is 18.9 Å². The van der Waals surface area contributed by atoms with Crippen molar-refractivity contribution in [3.8, 4) is 17.2 Å². The quantitative estimate of drug-likeness (QED) is 0.400. The number of fused-ring (bicyclic) bond motifs is 2. The largest absolute Gasteiger partial charge is 0.467 e. The molecule has 0 radical (unpaired) electrons. The van der Waals surface area contributed by atoms with Gasteiger partial charge in [-0.2, -0.15) is 0 Å². The smallest absolute Gasteiger partial charge is 0.316 e. The fourth-order valence-corrected chi connectivity index (χ4v) is 3.20. The number of hydrogen-bond acceptors (Lipinski definition) is 6. The number of benzene rings is 2. The molecule has 0 bridgehead atoms. The second-order valence-electron chi connectivity index (χ2n) is 7.83. The lowest BCUT2D eigenvalue weighted by Gasteiger charge is -2.20. The van der Waals surface area contributed by atoms with E-state index in [0.29, 0.717) is 40.0 Å². The second-order valence-corrected chi connectivity index (χ2v) is 8.27. The van der Waals surface area contributed by atoms with E-state index in [4.69, 9.17) is 30.5 Å². The molecular formula is C22H19ClO6. The van der Waals surface area contributed by atoms with Gasteiger partial charge in [0.2, 0.25) is 5.78 Å². The van der Waals surface area contributed by atoms with Gasteiger partial charge in [-0.25, -0.2) is 0 Å². The summed E-state index contributed by atoms with van der Waals surface area (Å²) in [4.78, 5) is 24.8. The maximum absolute atomic E-state index is 12.7. The number of allylic oxidation sites excluding steroid dienone is 1. The van der Waals surface area contributed by atoms with Crippen molar-refractivity contribution in [2.24, 2.45) is 5.41 Å². The third kappa shape index (κ3) is 3.86. The number of hydrogen-bond donors (Lipinski definition) is 0. The Labute approximate surface area is 173 Å². The highest BCUT2D eigenvalue weighted by molar-refractivity contribution is 6.31. The maximum atomic E-state index is 12.7. The highest BCUT2D eigenvalue weighted by atomic mass is 35.5. The Kier molecular flexibility index (Phi) is 4.84. The zero-order chi connectivity index (χ0) is 20.8. The van der Waals surface area contributed by atoms with Crippen molar-refractivity contribution in [2.75, 3.05) is 6.79 Å². The lowest BCUT2D eigenvalue weighted by molar-refractivity contribution is -0.143. The number of rotatable bonds is 2. The van der Waals surface area contributed by atoms with Gasteiger partial charge in [-0.15, -0.1) is 0 Å². The van der Waals surface area contributed by atoms with Crippen LogP contribution in [0.5, 0.6) is 17.2 Å². The average Bonchev–Trinajstić information content (AvgIpc) is 2.96. The molecule has 29 heavy (non-hydrogen) atoms. The molecule has 0 unspecified atom stereocenters. The van der Waals surface area contributed by atoms with Crippen molar-refractivity contribution in [2.45, 2.75) is 27.4 Å². The van der Waals surface area contributed by atoms with Crippen molar-refractivity contribution >= 4 is 29.4 Å². The van der Waals surface area contributed by atoms with Gasteiger partial charge in [0.05, 0.1) is 17.6 Å². The molecule has 2 aliphatic rings.